The molecule has 1 heterocycles. The Kier molecular flexibility index (Phi) is 5.58. The summed E-state index contributed by atoms with van der Waals surface area (Å²) in [5, 5.41) is 5.25. The van der Waals surface area contributed by atoms with Crippen molar-refractivity contribution in [3.63, 3.8) is 0 Å². The Balaban J connectivity index is 1.76. The van der Waals surface area contributed by atoms with E-state index >= 15 is 0 Å². The van der Waals surface area contributed by atoms with Gasteiger partial charge in [0.25, 0.3) is 0 Å². The Bertz CT molecular complexity index is 1010. The fraction of sp³-hybridized carbons (Fsp3) is 0.304. The van der Waals surface area contributed by atoms with Crippen LogP contribution >= 0.6 is 11.6 Å². The van der Waals surface area contributed by atoms with Gasteiger partial charge < -0.3 is 9.64 Å². The Morgan fingerprint density at radius 1 is 1.17 bits per heavy atom. The summed E-state index contributed by atoms with van der Waals surface area (Å²) in [6.45, 7) is 2.84. The summed E-state index contributed by atoms with van der Waals surface area (Å²) in [5.41, 5.74) is 2.69. The number of aromatic nitrogens is 2. The molecule has 29 heavy (non-hydrogen) atoms. The molecule has 1 saturated carbocycles. The van der Waals surface area contributed by atoms with Crippen molar-refractivity contribution >= 4 is 17.5 Å². The van der Waals surface area contributed by atoms with Crippen LogP contribution in [0.1, 0.15) is 25.3 Å². The first-order valence-corrected chi connectivity index (χ1v) is 10.2. The molecule has 0 N–H and O–H groups in total. The lowest BCUT2D eigenvalue weighted by molar-refractivity contribution is -0.129. The number of para-hydroxylation sites is 1. The molecule has 0 spiro atoms. The molecule has 0 aliphatic heterocycles. The van der Waals surface area contributed by atoms with E-state index in [9.17, 15) is 4.79 Å². The first-order chi connectivity index (χ1) is 14.0. The van der Waals surface area contributed by atoms with E-state index in [0.29, 0.717) is 29.1 Å². The largest absolute Gasteiger partial charge is 0.437 e. The minimum atomic E-state index is 0.0588. The van der Waals surface area contributed by atoms with Crippen molar-refractivity contribution in [3.05, 3.63) is 65.2 Å². The molecular formula is C23H24ClN3O2. The summed E-state index contributed by atoms with van der Waals surface area (Å²) in [6.07, 6.45) is 2.37. The lowest BCUT2D eigenvalue weighted by atomic mass is 10.1. The molecule has 150 valence electrons. The first-order valence-electron chi connectivity index (χ1n) is 9.82. The van der Waals surface area contributed by atoms with Crippen molar-refractivity contribution in [2.24, 2.45) is 13.0 Å². The molecule has 0 bridgehead atoms. The van der Waals surface area contributed by atoms with E-state index in [4.69, 9.17) is 21.4 Å². The fourth-order valence-corrected chi connectivity index (χ4v) is 3.56. The van der Waals surface area contributed by atoms with Crippen LogP contribution in [-0.4, -0.2) is 27.1 Å². The number of halogens is 1. The summed E-state index contributed by atoms with van der Waals surface area (Å²) in [7, 11) is 1.85. The van der Waals surface area contributed by atoms with Gasteiger partial charge in [-0.05, 0) is 30.9 Å². The van der Waals surface area contributed by atoms with E-state index in [1.165, 1.54) is 12.8 Å². The molecule has 1 aliphatic carbocycles. The summed E-state index contributed by atoms with van der Waals surface area (Å²) in [5.74, 6) is 1.82. The molecular weight excluding hydrogens is 386 g/mol. The molecule has 1 fully saturated rings. The third-order valence-corrected chi connectivity index (χ3v) is 5.46. The minimum Gasteiger partial charge on any atom is -0.437 e. The molecule has 1 aliphatic rings. The Labute approximate surface area is 175 Å². The average molecular weight is 410 g/mol. The quantitative estimate of drug-likeness (QED) is 0.532. The van der Waals surface area contributed by atoms with E-state index in [-0.39, 0.29) is 5.91 Å². The van der Waals surface area contributed by atoms with Crippen LogP contribution in [0.15, 0.2) is 54.6 Å². The van der Waals surface area contributed by atoms with Crippen LogP contribution < -0.4 is 4.74 Å². The number of nitrogens with zero attached hydrogens (tertiary/aromatic N) is 3. The normalized spacial score (nSPS) is 13.3. The number of amides is 1. The molecule has 6 heteroatoms. The van der Waals surface area contributed by atoms with Crippen LogP contribution in [0, 0.1) is 5.92 Å². The Hall–Kier alpha value is -2.79. The summed E-state index contributed by atoms with van der Waals surface area (Å²) in [4.78, 5) is 14.2. The second-order valence-corrected chi connectivity index (χ2v) is 7.90. The van der Waals surface area contributed by atoms with Gasteiger partial charge in [0.05, 0.1) is 17.1 Å². The van der Waals surface area contributed by atoms with Crippen LogP contribution in [-0.2, 0) is 18.4 Å². The van der Waals surface area contributed by atoms with Gasteiger partial charge in [-0.25, -0.2) is 4.68 Å². The zero-order valence-electron chi connectivity index (χ0n) is 16.6. The predicted molar refractivity (Wildman–Crippen MR) is 114 cm³/mol. The van der Waals surface area contributed by atoms with Crippen LogP contribution in [0.2, 0.25) is 5.02 Å². The van der Waals surface area contributed by atoms with Crippen LogP contribution in [0.5, 0.6) is 11.6 Å². The monoisotopic (exact) mass is 409 g/mol. The highest BCUT2D eigenvalue weighted by Crippen LogP contribution is 2.37. The predicted octanol–water partition coefficient (Wildman–Crippen LogP) is 5.29. The SMILES string of the molecule is CC(=O)N(Cc1c(-c2ccccc2)nn(C)c1Oc1ccccc1Cl)CC1CC1. The molecule has 5 nitrogen and oxygen atoms in total. The number of rotatable bonds is 7. The van der Waals surface area contributed by atoms with E-state index in [0.717, 1.165) is 23.4 Å². The summed E-state index contributed by atoms with van der Waals surface area (Å²) >= 11 is 6.32. The van der Waals surface area contributed by atoms with Crippen LogP contribution in [0.25, 0.3) is 11.3 Å². The van der Waals surface area contributed by atoms with Crippen molar-refractivity contribution in [3.8, 4) is 22.9 Å². The number of hydrogen-bond acceptors (Lipinski definition) is 3. The molecule has 4 rings (SSSR count). The maximum absolute atomic E-state index is 12.3. The molecule has 0 unspecified atom stereocenters. The van der Waals surface area contributed by atoms with Crippen LogP contribution in [0.4, 0.5) is 0 Å². The van der Waals surface area contributed by atoms with E-state index < -0.39 is 0 Å². The third-order valence-electron chi connectivity index (χ3n) is 5.15. The second kappa shape index (κ2) is 8.29. The molecule has 0 saturated heterocycles. The van der Waals surface area contributed by atoms with Crippen molar-refractivity contribution in [2.75, 3.05) is 6.54 Å². The maximum atomic E-state index is 12.3. The average Bonchev–Trinajstić information content (AvgIpc) is 3.48. The Morgan fingerprint density at radius 2 is 1.86 bits per heavy atom. The third kappa shape index (κ3) is 4.46. The van der Waals surface area contributed by atoms with Gasteiger partial charge in [-0.3, -0.25) is 4.79 Å². The van der Waals surface area contributed by atoms with Gasteiger partial charge in [0, 0.05) is 26.1 Å². The molecule has 2 aromatic carbocycles. The smallest absolute Gasteiger partial charge is 0.223 e. The Morgan fingerprint density at radius 3 is 2.52 bits per heavy atom. The summed E-state index contributed by atoms with van der Waals surface area (Å²) in [6, 6.07) is 17.3. The van der Waals surface area contributed by atoms with Crippen molar-refractivity contribution < 1.29 is 9.53 Å². The molecule has 1 aromatic heterocycles. The van der Waals surface area contributed by atoms with Crippen molar-refractivity contribution in [1.29, 1.82) is 0 Å². The van der Waals surface area contributed by atoms with Crippen molar-refractivity contribution in [2.45, 2.75) is 26.3 Å². The number of ether oxygens (including phenoxy) is 1. The van der Waals surface area contributed by atoms with Gasteiger partial charge in [0.1, 0.15) is 11.4 Å². The highest BCUT2D eigenvalue weighted by atomic mass is 35.5. The molecule has 0 radical (unpaired) electrons. The van der Waals surface area contributed by atoms with Gasteiger partial charge in [-0.15, -0.1) is 0 Å². The minimum absolute atomic E-state index is 0.0588. The molecule has 0 atom stereocenters. The number of carbonyl (C=O) groups excluding carboxylic acids is 1. The number of hydrogen-bond donors (Lipinski definition) is 0. The fourth-order valence-electron chi connectivity index (χ4n) is 3.39. The first kappa shape index (κ1) is 19.5. The molecule has 3 aromatic rings. The van der Waals surface area contributed by atoms with E-state index in [1.807, 2.05) is 60.5 Å². The number of carbonyl (C=O) groups is 1. The summed E-state index contributed by atoms with van der Waals surface area (Å²) < 4.78 is 7.92. The number of aryl methyl sites for hydroxylation is 1. The van der Waals surface area contributed by atoms with Gasteiger partial charge in [-0.1, -0.05) is 54.1 Å². The highest BCUT2D eigenvalue weighted by Gasteiger charge is 2.28. The standard InChI is InChI=1S/C23H24ClN3O2/c1-16(28)27(14-17-12-13-17)15-19-22(18-8-4-3-5-9-18)25-26(2)23(19)29-21-11-7-6-10-20(21)24/h3-11,17H,12-15H2,1-2H3. The molecule has 1 amide bonds. The highest BCUT2D eigenvalue weighted by molar-refractivity contribution is 6.32. The van der Waals surface area contributed by atoms with E-state index in [1.54, 1.807) is 17.7 Å². The van der Waals surface area contributed by atoms with Crippen molar-refractivity contribution in [1.82, 2.24) is 14.7 Å². The van der Waals surface area contributed by atoms with Gasteiger partial charge in [0.2, 0.25) is 11.8 Å². The zero-order valence-corrected chi connectivity index (χ0v) is 17.4. The zero-order chi connectivity index (χ0) is 20.4. The maximum Gasteiger partial charge on any atom is 0.223 e. The van der Waals surface area contributed by atoms with Gasteiger partial charge >= 0.3 is 0 Å². The van der Waals surface area contributed by atoms with Crippen LogP contribution in [0.3, 0.4) is 0 Å². The van der Waals surface area contributed by atoms with Gasteiger partial charge in [-0.2, -0.15) is 5.10 Å². The lowest BCUT2D eigenvalue weighted by Gasteiger charge is -2.22. The number of benzene rings is 2. The van der Waals surface area contributed by atoms with Gasteiger partial charge in [0.15, 0.2) is 0 Å². The topological polar surface area (TPSA) is 47.4 Å². The lowest BCUT2D eigenvalue weighted by Crippen LogP contribution is -2.30. The van der Waals surface area contributed by atoms with E-state index in [2.05, 4.69) is 0 Å². The second-order valence-electron chi connectivity index (χ2n) is 7.50.